The molecule has 0 amide bonds. The largest absolute Gasteiger partial charge is 0.382 e. The lowest BCUT2D eigenvalue weighted by Gasteiger charge is -2.11. The summed E-state index contributed by atoms with van der Waals surface area (Å²) in [6, 6.07) is 15.8. The number of aliphatic hydroxyl groups excluding tert-OH is 1. The molecule has 1 heterocycles. The van der Waals surface area contributed by atoms with Crippen LogP contribution < -0.4 is 0 Å². The van der Waals surface area contributed by atoms with E-state index in [0.717, 1.165) is 16.3 Å². The van der Waals surface area contributed by atoms with Crippen molar-refractivity contribution < 1.29 is 5.11 Å². The molecule has 0 fully saturated rings. The molecular weight excluding hydrogens is 236 g/mol. The van der Waals surface area contributed by atoms with Crippen molar-refractivity contribution in [1.82, 2.24) is 9.97 Å². The van der Waals surface area contributed by atoms with Crippen molar-refractivity contribution >= 4 is 10.8 Å². The second kappa shape index (κ2) is 4.78. The number of nitrogens with zero attached hydrogens (tertiary/aromatic N) is 2. The summed E-state index contributed by atoms with van der Waals surface area (Å²) < 4.78 is 0. The van der Waals surface area contributed by atoms with Gasteiger partial charge in [-0.2, -0.15) is 0 Å². The molecule has 0 aliphatic heterocycles. The molecule has 0 bridgehead atoms. The van der Waals surface area contributed by atoms with Gasteiger partial charge < -0.3 is 5.11 Å². The first kappa shape index (κ1) is 11.8. The zero-order valence-electron chi connectivity index (χ0n) is 10.6. The first-order valence-electron chi connectivity index (χ1n) is 6.20. The van der Waals surface area contributed by atoms with Crippen LogP contribution in [0.15, 0.2) is 54.7 Å². The normalized spacial score (nSPS) is 12.5. The van der Waals surface area contributed by atoms with Gasteiger partial charge in [0, 0.05) is 6.20 Å². The minimum Gasteiger partial charge on any atom is -0.382 e. The number of benzene rings is 2. The molecule has 3 aromatic rings. The van der Waals surface area contributed by atoms with Gasteiger partial charge in [-0.05, 0) is 35.4 Å². The lowest BCUT2D eigenvalue weighted by Crippen LogP contribution is -2.04. The van der Waals surface area contributed by atoms with Crippen molar-refractivity contribution in [1.29, 1.82) is 0 Å². The molecule has 0 radical (unpaired) electrons. The second-order valence-electron chi connectivity index (χ2n) is 4.54. The van der Waals surface area contributed by atoms with Crippen molar-refractivity contribution in [2.24, 2.45) is 0 Å². The van der Waals surface area contributed by atoms with Crippen molar-refractivity contribution in [3.05, 3.63) is 71.8 Å². The van der Waals surface area contributed by atoms with Gasteiger partial charge in [0.1, 0.15) is 11.9 Å². The first-order valence-corrected chi connectivity index (χ1v) is 6.20. The third kappa shape index (κ3) is 2.33. The van der Waals surface area contributed by atoms with Crippen LogP contribution in [-0.2, 0) is 0 Å². The van der Waals surface area contributed by atoms with Crippen LogP contribution in [0.2, 0.25) is 0 Å². The van der Waals surface area contributed by atoms with E-state index in [1.807, 2.05) is 43.3 Å². The quantitative estimate of drug-likeness (QED) is 0.760. The molecule has 0 spiro atoms. The van der Waals surface area contributed by atoms with Crippen LogP contribution in [0.3, 0.4) is 0 Å². The second-order valence-corrected chi connectivity index (χ2v) is 4.54. The smallest absolute Gasteiger partial charge is 0.125 e. The summed E-state index contributed by atoms with van der Waals surface area (Å²) in [5.41, 5.74) is 1.47. The maximum atomic E-state index is 10.4. The van der Waals surface area contributed by atoms with E-state index >= 15 is 0 Å². The fraction of sp³-hybridized carbons (Fsp3) is 0.125. The van der Waals surface area contributed by atoms with E-state index in [9.17, 15) is 5.11 Å². The highest BCUT2D eigenvalue weighted by Crippen LogP contribution is 2.24. The van der Waals surface area contributed by atoms with Gasteiger partial charge in [0.15, 0.2) is 0 Å². The molecule has 94 valence electrons. The Morgan fingerprint density at radius 2 is 1.79 bits per heavy atom. The lowest BCUT2D eigenvalue weighted by atomic mass is 10.0. The number of hydrogen-bond acceptors (Lipinski definition) is 3. The Morgan fingerprint density at radius 1 is 1.00 bits per heavy atom. The van der Waals surface area contributed by atoms with Crippen LogP contribution >= 0.6 is 0 Å². The highest BCUT2D eigenvalue weighted by atomic mass is 16.3. The van der Waals surface area contributed by atoms with Crippen LogP contribution in [-0.4, -0.2) is 15.1 Å². The minimum atomic E-state index is -0.716. The SMILES string of the molecule is Cc1nccc(C(O)c2ccc3ccccc3c2)n1. The van der Waals surface area contributed by atoms with Gasteiger partial charge in [-0.15, -0.1) is 0 Å². The maximum absolute atomic E-state index is 10.4. The molecule has 0 aliphatic carbocycles. The van der Waals surface area contributed by atoms with Gasteiger partial charge in [0.25, 0.3) is 0 Å². The van der Waals surface area contributed by atoms with Crippen molar-refractivity contribution in [3.63, 3.8) is 0 Å². The Bertz CT molecular complexity index is 725. The topological polar surface area (TPSA) is 46.0 Å². The molecule has 0 aliphatic rings. The third-order valence-corrected chi connectivity index (χ3v) is 3.17. The Morgan fingerprint density at radius 3 is 2.58 bits per heavy atom. The van der Waals surface area contributed by atoms with E-state index in [1.54, 1.807) is 12.3 Å². The number of hydrogen-bond donors (Lipinski definition) is 1. The molecule has 3 nitrogen and oxygen atoms in total. The number of aliphatic hydroxyl groups is 1. The fourth-order valence-corrected chi connectivity index (χ4v) is 2.18. The average Bonchev–Trinajstić information content (AvgIpc) is 2.46. The Kier molecular flexibility index (Phi) is 2.97. The third-order valence-electron chi connectivity index (χ3n) is 3.17. The van der Waals surface area contributed by atoms with Crippen LogP contribution in [0, 0.1) is 6.92 Å². The van der Waals surface area contributed by atoms with E-state index in [2.05, 4.69) is 16.0 Å². The molecule has 1 atom stereocenters. The van der Waals surface area contributed by atoms with Crippen molar-refractivity contribution in [2.75, 3.05) is 0 Å². The summed E-state index contributed by atoms with van der Waals surface area (Å²) in [7, 11) is 0. The predicted octanol–water partition coefficient (Wildman–Crippen LogP) is 3.02. The maximum Gasteiger partial charge on any atom is 0.125 e. The van der Waals surface area contributed by atoms with Gasteiger partial charge in [-0.25, -0.2) is 9.97 Å². The number of aryl methyl sites for hydroxylation is 1. The highest BCUT2D eigenvalue weighted by Gasteiger charge is 2.12. The van der Waals surface area contributed by atoms with Gasteiger partial charge in [-0.3, -0.25) is 0 Å². The Hall–Kier alpha value is -2.26. The molecule has 1 unspecified atom stereocenters. The standard InChI is InChI=1S/C16H14N2O/c1-11-17-9-8-15(18-11)16(19)14-7-6-12-4-2-3-5-13(12)10-14/h2-10,16,19H,1H3. The predicted molar refractivity (Wildman–Crippen MR) is 74.8 cm³/mol. The fourth-order valence-electron chi connectivity index (χ4n) is 2.18. The summed E-state index contributed by atoms with van der Waals surface area (Å²) in [5, 5.41) is 12.7. The molecule has 0 saturated carbocycles. The van der Waals surface area contributed by atoms with Crippen LogP contribution in [0.5, 0.6) is 0 Å². The van der Waals surface area contributed by atoms with E-state index in [0.29, 0.717) is 11.5 Å². The highest BCUT2D eigenvalue weighted by molar-refractivity contribution is 5.83. The summed E-state index contributed by atoms with van der Waals surface area (Å²) in [5.74, 6) is 0.664. The Labute approximate surface area is 111 Å². The lowest BCUT2D eigenvalue weighted by molar-refractivity contribution is 0.215. The molecule has 2 aromatic carbocycles. The average molecular weight is 250 g/mol. The van der Waals surface area contributed by atoms with Crippen molar-refractivity contribution in [2.45, 2.75) is 13.0 Å². The molecule has 3 rings (SSSR count). The number of fused-ring (bicyclic) bond motifs is 1. The molecule has 1 N–H and O–H groups in total. The zero-order valence-corrected chi connectivity index (χ0v) is 10.6. The molecule has 0 saturated heterocycles. The van der Waals surface area contributed by atoms with E-state index in [-0.39, 0.29) is 0 Å². The van der Waals surface area contributed by atoms with Crippen LogP contribution in [0.4, 0.5) is 0 Å². The van der Waals surface area contributed by atoms with E-state index in [1.165, 1.54) is 0 Å². The van der Waals surface area contributed by atoms with Gasteiger partial charge >= 0.3 is 0 Å². The monoisotopic (exact) mass is 250 g/mol. The zero-order chi connectivity index (χ0) is 13.2. The number of rotatable bonds is 2. The van der Waals surface area contributed by atoms with Gasteiger partial charge in [0.05, 0.1) is 5.69 Å². The van der Waals surface area contributed by atoms with Crippen molar-refractivity contribution in [3.8, 4) is 0 Å². The van der Waals surface area contributed by atoms with E-state index in [4.69, 9.17) is 0 Å². The summed E-state index contributed by atoms with van der Waals surface area (Å²) in [6.07, 6.45) is 0.952. The minimum absolute atomic E-state index is 0.628. The molecule has 3 heteroatoms. The Balaban J connectivity index is 2.04. The molecule has 1 aromatic heterocycles. The first-order chi connectivity index (χ1) is 9.24. The van der Waals surface area contributed by atoms with Crippen LogP contribution in [0.25, 0.3) is 10.8 Å². The summed E-state index contributed by atoms with van der Waals surface area (Å²) >= 11 is 0. The molecular formula is C16H14N2O. The van der Waals surface area contributed by atoms with Crippen LogP contribution in [0.1, 0.15) is 23.2 Å². The summed E-state index contributed by atoms with van der Waals surface area (Å²) in [6.45, 7) is 1.82. The summed E-state index contributed by atoms with van der Waals surface area (Å²) in [4.78, 5) is 8.31. The van der Waals surface area contributed by atoms with E-state index < -0.39 is 6.10 Å². The molecule has 19 heavy (non-hydrogen) atoms. The number of aromatic nitrogens is 2. The van der Waals surface area contributed by atoms with Gasteiger partial charge in [-0.1, -0.05) is 36.4 Å². The van der Waals surface area contributed by atoms with Gasteiger partial charge in [0.2, 0.25) is 0 Å².